The predicted octanol–water partition coefficient (Wildman–Crippen LogP) is 4.38. The first-order valence-corrected chi connectivity index (χ1v) is 8.59. The molecule has 2 aromatic heterocycles. The summed E-state index contributed by atoms with van der Waals surface area (Å²) in [7, 11) is 0. The Hall–Kier alpha value is -2.24. The predicted molar refractivity (Wildman–Crippen MR) is 95.7 cm³/mol. The third-order valence-electron chi connectivity index (χ3n) is 3.46. The zero-order valence-corrected chi connectivity index (χ0v) is 14.6. The second-order valence-electron chi connectivity index (χ2n) is 5.49. The van der Waals surface area contributed by atoms with E-state index in [1.165, 1.54) is 11.3 Å². The van der Waals surface area contributed by atoms with Crippen molar-refractivity contribution in [3.8, 4) is 10.7 Å². The minimum absolute atomic E-state index is 0.0379. The van der Waals surface area contributed by atoms with Crippen molar-refractivity contribution in [3.05, 3.63) is 69.3 Å². The van der Waals surface area contributed by atoms with Gasteiger partial charge in [0, 0.05) is 17.8 Å². The molecule has 2 heterocycles. The lowest BCUT2D eigenvalue weighted by Crippen LogP contribution is -2.01. The van der Waals surface area contributed by atoms with Gasteiger partial charge in [0.25, 0.3) is 0 Å². The van der Waals surface area contributed by atoms with E-state index in [1.807, 2.05) is 49.4 Å². The molecule has 4 nitrogen and oxygen atoms in total. The summed E-state index contributed by atoms with van der Waals surface area (Å²) < 4.78 is 0.714. The number of hydrogen-bond acceptors (Lipinski definition) is 4. The highest BCUT2D eigenvalue weighted by atomic mass is 35.5. The molecule has 0 saturated carbocycles. The molecule has 0 aliphatic carbocycles. The summed E-state index contributed by atoms with van der Waals surface area (Å²) in [6.07, 6.45) is 0.707. The summed E-state index contributed by atoms with van der Waals surface area (Å²) in [5.41, 5.74) is 3.70. The Balaban J connectivity index is 1.82. The summed E-state index contributed by atoms with van der Waals surface area (Å²) in [6.45, 7) is 1.94. The monoisotopic (exact) mass is 358 g/mol. The molecule has 0 aliphatic heterocycles. The summed E-state index contributed by atoms with van der Waals surface area (Å²) >= 11 is 7.45. The molecule has 122 valence electrons. The van der Waals surface area contributed by atoms with E-state index < -0.39 is 5.97 Å². The van der Waals surface area contributed by atoms with Crippen LogP contribution in [0.2, 0.25) is 4.34 Å². The highest BCUT2D eigenvalue weighted by molar-refractivity contribution is 7.19. The minimum atomic E-state index is -0.826. The van der Waals surface area contributed by atoms with Crippen molar-refractivity contribution in [2.24, 2.45) is 0 Å². The first kappa shape index (κ1) is 16.6. The molecule has 0 saturated heterocycles. The third kappa shape index (κ3) is 4.19. The molecule has 0 spiro atoms. The number of aryl methyl sites for hydroxylation is 1. The Morgan fingerprint density at radius 3 is 2.46 bits per heavy atom. The van der Waals surface area contributed by atoms with E-state index in [0.717, 1.165) is 27.4 Å². The number of halogens is 1. The number of aliphatic carboxylic acids is 1. The Bertz CT molecular complexity index is 875. The van der Waals surface area contributed by atoms with Gasteiger partial charge in [-0.05, 0) is 36.2 Å². The maximum Gasteiger partial charge on any atom is 0.307 e. The molecule has 0 unspecified atom stereocenters. The van der Waals surface area contributed by atoms with E-state index in [-0.39, 0.29) is 6.42 Å². The second-order valence-corrected chi connectivity index (χ2v) is 7.21. The van der Waals surface area contributed by atoms with Crippen LogP contribution in [0.25, 0.3) is 10.7 Å². The maximum absolute atomic E-state index is 10.7. The summed E-state index contributed by atoms with van der Waals surface area (Å²) in [5.74, 6) is -0.141. The molecule has 0 aliphatic rings. The summed E-state index contributed by atoms with van der Waals surface area (Å²) in [4.78, 5) is 20.8. The normalized spacial score (nSPS) is 10.8. The highest BCUT2D eigenvalue weighted by Crippen LogP contribution is 2.29. The van der Waals surface area contributed by atoms with E-state index in [0.29, 0.717) is 16.6 Å². The number of benzene rings is 1. The molecule has 0 amide bonds. The van der Waals surface area contributed by atoms with E-state index in [9.17, 15) is 4.79 Å². The SMILES string of the molecule is Cc1cc(Cc2ccc(CC(=O)O)cc2)nc(-c2ccc(Cl)s2)n1. The Labute approximate surface area is 148 Å². The number of aromatic nitrogens is 2. The van der Waals surface area contributed by atoms with Crippen LogP contribution in [0, 0.1) is 6.92 Å². The molecule has 1 N–H and O–H groups in total. The van der Waals surface area contributed by atoms with Crippen LogP contribution in [0.5, 0.6) is 0 Å². The van der Waals surface area contributed by atoms with Crippen molar-refractivity contribution in [1.29, 1.82) is 0 Å². The van der Waals surface area contributed by atoms with Gasteiger partial charge in [-0.15, -0.1) is 11.3 Å². The van der Waals surface area contributed by atoms with Gasteiger partial charge in [-0.3, -0.25) is 4.79 Å². The molecule has 0 fully saturated rings. The molecule has 6 heteroatoms. The topological polar surface area (TPSA) is 63.1 Å². The van der Waals surface area contributed by atoms with Crippen LogP contribution in [0.3, 0.4) is 0 Å². The minimum Gasteiger partial charge on any atom is -0.481 e. The Morgan fingerprint density at radius 2 is 1.83 bits per heavy atom. The van der Waals surface area contributed by atoms with Crippen LogP contribution in [-0.4, -0.2) is 21.0 Å². The van der Waals surface area contributed by atoms with E-state index in [1.54, 1.807) is 0 Å². The van der Waals surface area contributed by atoms with Crippen LogP contribution in [0.1, 0.15) is 22.5 Å². The van der Waals surface area contributed by atoms with Crippen molar-refractivity contribution >= 4 is 28.9 Å². The van der Waals surface area contributed by atoms with Gasteiger partial charge in [-0.1, -0.05) is 35.9 Å². The standard InChI is InChI=1S/C18H15ClN2O2S/c1-11-8-14(21-18(20-11)15-6-7-16(19)24-15)9-12-2-4-13(5-3-12)10-17(22)23/h2-8H,9-10H2,1H3,(H,22,23). The van der Waals surface area contributed by atoms with Crippen molar-refractivity contribution < 1.29 is 9.90 Å². The first-order valence-electron chi connectivity index (χ1n) is 7.39. The van der Waals surface area contributed by atoms with Crippen molar-refractivity contribution in [1.82, 2.24) is 9.97 Å². The highest BCUT2D eigenvalue weighted by Gasteiger charge is 2.09. The fourth-order valence-electron chi connectivity index (χ4n) is 2.43. The zero-order chi connectivity index (χ0) is 17.1. The number of carboxylic acid groups (broad SMARTS) is 1. The van der Waals surface area contributed by atoms with Crippen molar-refractivity contribution in [3.63, 3.8) is 0 Å². The third-order valence-corrected chi connectivity index (χ3v) is 4.69. The maximum atomic E-state index is 10.7. The Kier molecular flexibility index (Phi) is 4.92. The van der Waals surface area contributed by atoms with Gasteiger partial charge in [0.2, 0.25) is 0 Å². The summed E-state index contributed by atoms with van der Waals surface area (Å²) in [5, 5.41) is 8.82. The second kappa shape index (κ2) is 7.11. The lowest BCUT2D eigenvalue weighted by atomic mass is 10.1. The number of hydrogen-bond donors (Lipinski definition) is 1. The number of carbonyl (C=O) groups is 1. The van der Waals surface area contributed by atoms with Crippen LogP contribution < -0.4 is 0 Å². The fraction of sp³-hybridized carbons (Fsp3) is 0.167. The van der Waals surface area contributed by atoms with Crippen molar-refractivity contribution in [2.75, 3.05) is 0 Å². The van der Waals surface area contributed by atoms with Gasteiger partial charge in [0.15, 0.2) is 5.82 Å². The van der Waals surface area contributed by atoms with Crippen LogP contribution in [0.15, 0.2) is 42.5 Å². The quantitative estimate of drug-likeness (QED) is 0.734. The van der Waals surface area contributed by atoms with E-state index in [4.69, 9.17) is 16.7 Å². The average molecular weight is 359 g/mol. The fourth-order valence-corrected chi connectivity index (χ4v) is 3.40. The number of carboxylic acids is 1. The number of rotatable bonds is 5. The molecular formula is C18H15ClN2O2S. The van der Waals surface area contributed by atoms with Crippen LogP contribution in [0.4, 0.5) is 0 Å². The molecule has 0 atom stereocenters. The van der Waals surface area contributed by atoms with Crippen molar-refractivity contribution in [2.45, 2.75) is 19.8 Å². The summed E-state index contributed by atoms with van der Waals surface area (Å²) in [6, 6.07) is 13.3. The first-order chi connectivity index (χ1) is 11.5. The van der Waals surface area contributed by atoms with E-state index in [2.05, 4.69) is 9.97 Å². The van der Waals surface area contributed by atoms with Gasteiger partial charge in [0.1, 0.15) is 0 Å². The largest absolute Gasteiger partial charge is 0.481 e. The molecule has 0 bridgehead atoms. The Morgan fingerprint density at radius 1 is 1.12 bits per heavy atom. The van der Waals surface area contributed by atoms with E-state index >= 15 is 0 Å². The molecule has 1 aromatic carbocycles. The lowest BCUT2D eigenvalue weighted by molar-refractivity contribution is -0.136. The van der Waals surface area contributed by atoms with Gasteiger partial charge < -0.3 is 5.11 Å². The molecule has 0 radical (unpaired) electrons. The van der Waals surface area contributed by atoms with Gasteiger partial charge in [-0.2, -0.15) is 0 Å². The van der Waals surface area contributed by atoms with Crippen LogP contribution >= 0.6 is 22.9 Å². The number of nitrogens with zero attached hydrogens (tertiary/aromatic N) is 2. The molecule has 3 aromatic rings. The smallest absolute Gasteiger partial charge is 0.307 e. The molecule has 3 rings (SSSR count). The zero-order valence-electron chi connectivity index (χ0n) is 13.0. The average Bonchev–Trinajstić information content (AvgIpc) is 2.95. The lowest BCUT2D eigenvalue weighted by Gasteiger charge is -2.06. The van der Waals surface area contributed by atoms with Gasteiger partial charge in [0.05, 0.1) is 15.6 Å². The van der Waals surface area contributed by atoms with Gasteiger partial charge in [-0.25, -0.2) is 9.97 Å². The van der Waals surface area contributed by atoms with Gasteiger partial charge >= 0.3 is 5.97 Å². The van der Waals surface area contributed by atoms with Crippen LogP contribution in [-0.2, 0) is 17.6 Å². The number of thiophene rings is 1. The molecular weight excluding hydrogens is 344 g/mol. The molecule has 24 heavy (non-hydrogen) atoms.